The highest BCUT2D eigenvalue weighted by molar-refractivity contribution is 6.35. The summed E-state index contributed by atoms with van der Waals surface area (Å²) < 4.78 is 0. The van der Waals surface area contributed by atoms with Gasteiger partial charge in [-0.3, -0.25) is 0 Å². The van der Waals surface area contributed by atoms with E-state index >= 15 is 0 Å². The van der Waals surface area contributed by atoms with Gasteiger partial charge < -0.3 is 0 Å². The van der Waals surface area contributed by atoms with E-state index in [1.165, 1.54) is 0 Å². The maximum absolute atomic E-state index is 6.52. The van der Waals surface area contributed by atoms with Crippen molar-refractivity contribution in [3.05, 3.63) is 69.7 Å². The molecular formula is C16H15Cl3. The van der Waals surface area contributed by atoms with Gasteiger partial charge in [0.1, 0.15) is 0 Å². The molecule has 2 atom stereocenters. The van der Waals surface area contributed by atoms with Crippen LogP contribution in [0.4, 0.5) is 0 Å². The topological polar surface area (TPSA) is 0 Å². The average molecular weight is 314 g/mol. The summed E-state index contributed by atoms with van der Waals surface area (Å²) in [6.45, 7) is 2.13. The molecule has 0 N–H and O–H groups in total. The van der Waals surface area contributed by atoms with Crippen molar-refractivity contribution < 1.29 is 0 Å². The van der Waals surface area contributed by atoms with Gasteiger partial charge in [0.25, 0.3) is 0 Å². The Morgan fingerprint density at radius 2 is 1.68 bits per heavy atom. The van der Waals surface area contributed by atoms with Crippen LogP contribution in [-0.4, -0.2) is 0 Å². The van der Waals surface area contributed by atoms with E-state index in [2.05, 4.69) is 19.1 Å². The second-order valence-electron chi connectivity index (χ2n) is 4.73. The van der Waals surface area contributed by atoms with Crippen LogP contribution in [0.15, 0.2) is 48.5 Å². The second-order valence-corrected chi connectivity index (χ2v) is 6.04. The van der Waals surface area contributed by atoms with Crippen LogP contribution in [-0.2, 0) is 6.42 Å². The molecule has 0 aliphatic rings. The normalized spacial score (nSPS) is 14.1. The lowest BCUT2D eigenvalue weighted by molar-refractivity contribution is 0.558. The predicted molar refractivity (Wildman–Crippen MR) is 84.4 cm³/mol. The third-order valence-corrected chi connectivity index (χ3v) is 4.44. The Hall–Kier alpha value is -0.690. The first-order valence-electron chi connectivity index (χ1n) is 6.21. The van der Waals surface area contributed by atoms with Crippen molar-refractivity contribution in [3.63, 3.8) is 0 Å². The summed E-state index contributed by atoms with van der Waals surface area (Å²) in [5.74, 6) is 0.294. The van der Waals surface area contributed by atoms with E-state index in [-0.39, 0.29) is 5.38 Å². The molecule has 0 saturated heterocycles. The quantitative estimate of drug-likeness (QED) is 0.594. The van der Waals surface area contributed by atoms with Crippen LogP contribution in [0.3, 0.4) is 0 Å². The Morgan fingerprint density at radius 1 is 1.00 bits per heavy atom. The molecule has 0 heterocycles. The number of rotatable bonds is 4. The van der Waals surface area contributed by atoms with Gasteiger partial charge in [0.15, 0.2) is 0 Å². The second kappa shape index (κ2) is 6.65. The highest BCUT2D eigenvalue weighted by Gasteiger charge is 2.18. The van der Waals surface area contributed by atoms with Gasteiger partial charge >= 0.3 is 0 Å². The molecule has 0 aliphatic heterocycles. The van der Waals surface area contributed by atoms with Crippen LogP contribution >= 0.6 is 34.8 Å². The summed E-state index contributed by atoms with van der Waals surface area (Å²) in [4.78, 5) is 0. The Balaban J connectivity index is 2.10. The van der Waals surface area contributed by atoms with E-state index in [4.69, 9.17) is 34.8 Å². The fourth-order valence-electron chi connectivity index (χ4n) is 2.10. The molecule has 0 aliphatic carbocycles. The number of hydrogen-bond donors (Lipinski definition) is 0. The first-order chi connectivity index (χ1) is 9.08. The molecule has 3 heteroatoms. The monoisotopic (exact) mass is 312 g/mol. The van der Waals surface area contributed by atoms with Crippen LogP contribution in [0.2, 0.25) is 10.0 Å². The highest BCUT2D eigenvalue weighted by Crippen LogP contribution is 2.33. The van der Waals surface area contributed by atoms with Crippen molar-refractivity contribution in [1.29, 1.82) is 0 Å². The molecular weight excluding hydrogens is 299 g/mol. The van der Waals surface area contributed by atoms with E-state index in [0.29, 0.717) is 16.0 Å². The number of hydrogen-bond acceptors (Lipinski definition) is 0. The van der Waals surface area contributed by atoms with Gasteiger partial charge in [-0.2, -0.15) is 0 Å². The fraction of sp³-hybridized carbons (Fsp3) is 0.250. The van der Waals surface area contributed by atoms with Gasteiger partial charge in [0.2, 0.25) is 0 Å². The third-order valence-electron chi connectivity index (χ3n) is 3.17. The lowest BCUT2D eigenvalue weighted by Gasteiger charge is -2.19. The van der Waals surface area contributed by atoms with Crippen molar-refractivity contribution >= 4 is 34.8 Å². The summed E-state index contributed by atoms with van der Waals surface area (Å²) in [6, 6.07) is 15.7. The van der Waals surface area contributed by atoms with Crippen molar-refractivity contribution in [2.75, 3.05) is 0 Å². The predicted octanol–water partition coefficient (Wildman–Crippen LogP) is 6.15. The first-order valence-corrected chi connectivity index (χ1v) is 7.40. The first kappa shape index (κ1) is 14.7. The van der Waals surface area contributed by atoms with Gasteiger partial charge in [-0.1, -0.05) is 66.5 Å². The highest BCUT2D eigenvalue weighted by atomic mass is 35.5. The maximum atomic E-state index is 6.52. The molecule has 0 nitrogen and oxygen atoms in total. The molecule has 2 aromatic rings. The van der Waals surface area contributed by atoms with E-state index in [0.717, 1.165) is 17.5 Å². The van der Waals surface area contributed by atoms with Crippen molar-refractivity contribution in [1.82, 2.24) is 0 Å². The molecule has 100 valence electrons. The van der Waals surface area contributed by atoms with Crippen molar-refractivity contribution in [2.45, 2.75) is 18.7 Å². The number of alkyl halides is 1. The zero-order valence-corrected chi connectivity index (χ0v) is 12.9. The molecule has 2 unspecified atom stereocenters. The molecule has 0 fully saturated rings. The number of benzene rings is 2. The largest absolute Gasteiger partial charge is 0.118 e. The van der Waals surface area contributed by atoms with Gasteiger partial charge in [-0.15, -0.1) is 11.6 Å². The average Bonchev–Trinajstić information content (AvgIpc) is 2.42. The SMILES string of the molecule is CC(Cc1ccc(Cl)cc1Cl)C(Cl)c1ccccc1. The van der Waals surface area contributed by atoms with Crippen LogP contribution < -0.4 is 0 Å². The van der Waals surface area contributed by atoms with Crippen LogP contribution in [0.1, 0.15) is 23.4 Å². The molecule has 0 aromatic heterocycles. The third kappa shape index (κ3) is 3.89. The van der Waals surface area contributed by atoms with E-state index in [1.807, 2.05) is 30.3 Å². The fourth-order valence-corrected chi connectivity index (χ4v) is 2.82. The summed E-state index contributed by atoms with van der Waals surface area (Å²) in [5, 5.41) is 1.34. The maximum Gasteiger partial charge on any atom is 0.0613 e. The Bertz CT molecular complexity index is 537. The van der Waals surface area contributed by atoms with Crippen LogP contribution in [0.25, 0.3) is 0 Å². The van der Waals surface area contributed by atoms with Crippen molar-refractivity contribution in [2.24, 2.45) is 5.92 Å². The van der Waals surface area contributed by atoms with Crippen LogP contribution in [0, 0.1) is 5.92 Å². The van der Waals surface area contributed by atoms with E-state index in [9.17, 15) is 0 Å². The Morgan fingerprint density at radius 3 is 2.32 bits per heavy atom. The Labute approximate surface area is 129 Å². The molecule has 0 spiro atoms. The molecule has 0 radical (unpaired) electrons. The lowest BCUT2D eigenvalue weighted by Crippen LogP contribution is -2.07. The standard InChI is InChI=1S/C16H15Cl3/c1-11(16(19)12-5-3-2-4-6-12)9-13-7-8-14(17)10-15(13)18/h2-8,10-11,16H,9H2,1H3. The molecule has 2 aromatic carbocycles. The lowest BCUT2D eigenvalue weighted by atomic mass is 9.94. The number of halogens is 3. The van der Waals surface area contributed by atoms with Gasteiger partial charge in [0.05, 0.1) is 5.38 Å². The zero-order chi connectivity index (χ0) is 13.8. The smallest absolute Gasteiger partial charge is 0.0613 e. The minimum atomic E-state index is -0.0204. The van der Waals surface area contributed by atoms with E-state index in [1.54, 1.807) is 6.07 Å². The zero-order valence-electron chi connectivity index (χ0n) is 10.6. The molecule has 0 amide bonds. The van der Waals surface area contributed by atoms with Crippen molar-refractivity contribution in [3.8, 4) is 0 Å². The summed E-state index contributed by atoms with van der Waals surface area (Å²) >= 11 is 18.6. The minimum absolute atomic E-state index is 0.0204. The molecule has 2 rings (SSSR count). The minimum Gasteiger partial charge on any atom is -0.118 e. The Kier molecular flexibility index (Phi) is 5.15. The summed E-state index contributed by atoms with van der Waals surface area (Å²) in [6.07, 6.45) is 0.832. The van der Waals surface area contributed by atoms with Gasteiger partial charge in [0, 0.05) is 10.0 Å². The molecule has 0 bridgehead atoms. The molecule has 19 heavy (non-hydrogen) atoms. The summed E-state index contributed by atoms with van der Waals surface area (Å²) in [5.41, 5.74) is 2.22. The van der Waals surface area contributed by atoms with E-state index < -0.39 is 0 Å². The van der Waals surface area contributed by atoms with Gasteiger partial charge in [-0.25, -0.2) is 0 Å². The molecule has 0 saturated carbocycles. The van der Waals surface area contributed by atoms with Crippen LogP contribution in [0.5, 0.6) is 0 Å². The summed E-state index contributed by atoms with van der Waals surface area (Å²) in [7, 11) is 0. The van der Waals surface area contributed by atoms with Gasteiger partial charge in [-0.05, 0) is 35.6 Å².